The highest BCUT2D eigenvalue weighted by Crippen LogP contribution is 2.14. The molecule has 0 saturated carbocycles. The van der Waals surface area contributed by atoms with Crippen LogP contribution in [0.1, 0.15) is 25.5 Å². The smallest absolute Gasteiger partial charge is 0.0962 e. The van der Waals surface area contributed by atoms with E-state index in [2.05, 4.69) is 22.1 Å². The second-order valence-electron chi connectivity index (χ2n) is 4.73. The van der Waals surface area contributed by atoms with E-state index in [1.165, 1.54) is 25.9 Å². The molecule has 2 heterocycles. The van der Waals surface area contributed by atoms with E-state index in [-0.39, 0.29) is 0 Å². The van der Waals surface area contributed by atoms with E-state index in [4.69, 9.17) is 5.73 Å². The van der Waals surface area contributed by atoms with E-state index in [9.17, 15) is 0 Å². The van der Waals surface area contributed by atoms with Crippen LogP contribution in [0, 0.1) is 5.92 Å². The summed E-state index contributed by atoms with van der Waals surface area (Å²) in [6, 6.07) is 0. The van der Waals surface area contributed by atoms with Crippen molar-refractivity contribution in [3.05, 3.63) is 11.9 Å². The number of likely N-dealkylation sites (tertiary alicyclic amines) is 1. The van der Waals surface area contributed by atoms with Gasteiger partial charge in [0.1, 0.15) is 0 Å². The van der Waals surface area contributed by atoms with Crippen LogP contribution in [0.2, 0.25) is 0 Å². The first kappa shape index (κ1) is 11.5. The average molecular weight is 223 g/mol. The Morgan fingerprint density at radius 2 is 2.38 bits per heavy atom. The van der Waals surface area contributed by atoms with Gasteiger partial charge in [-0.15, -0.1) is 5.10 Å². The first-order valence-electron chi connectivity index (χ1n) is 6.09. The van der Waals surface area contributed by atoms with Crippen molar-refractivity contribution in [1.29, 1.82) is 0 Å². The summed E-state index contributed by atoms with van der Waals surface area (Å²) < 4.78 is 1.89. The summed E-state index contributed by atoms with van der Waals surface area (Å²) >= 11 is 0. The first-order valence-corrected chi connectivity index (χ1v) is 6.09. The quantitative estimate of drug-likeness (QED) is 0.806. The zero-order chi connectivity index (χ0) is 11.4. The fraction of sp³-hybridized carbons (Fsp3) is 0.818. The Labute approximate surface area is 96.6 Å². The summed E-state index contributed by atoms with van der Waals surface area (Å²) in [5.74, 6) is 0.837. The van der Waals surface area contributed by atoms with E-state index in [0.717, 1.165) is 24.7 Å². The number of rotatable bonds is 4. The molecule has 0 aromatic carbocycles. The van der Waals surface area contributed by atoms with Gasteiger partial charge in [0.25, 0.3) is 0 Å². The maximum Gasteiger partial charge on any atom is 0.0962 e. The minimum atomic E-state index is 0.473. The van der Waals surface area contributed by atoms with Gasteiger partial charge in [-0.2, -0.15) is 0 Å². The SMILES string of the molecule is CC1CCCN(CCn2cc(CN)nn2)C1. The van der Waals surface area contributed by atoms with Gasteiger partial charge in [-0.25, -0.2) is 0 Å². The van der Waals surface area contributed by atoms with Gasteiger partial charge in [-0.1, -0.05) is 12.1 Å². The number of nitrogens with two attached hydrogens (primary N) is 1. The molecule has 1 unspecified atom stereocenters. The van der Waals surface area contributed by atoms with E-state index >= 15 is 0 Å². The van der Waals surface area contributed by atoms with Crippen LogP contribution in [-0.4, -0.2) is 39.5 Å². The van der Waals surface area contributed by atoms with Gasteiger partial charge >= 0.3 is 0 Å². The van der Waals surface area contributed by atoms with Crippen LogP contribution in [0.15, 0.2) is 6.20 Å². The van der Waals surface area contributed by atoms with Gasteiger partial charge in [-0.3, -0.25) is 4.68 Å². The van der Waals surface area contributed by atoms with E-state index in [1.807, 2.05) is 10.9 Å². The van der Waals surface area contributed by atoms with Crippen molar-refractivity contribution in [2.24, 2.45) is 11.7 Å². The van der Waals surface area contributed by atoms with Gasteiger partial charge in [0.05, 0.1) is 12.2 Å². The first-order chi connectivity index (χ1) is 7.78. The highest BCUT2D eigenvalue weighted by atomic mass is 15.4. The average Bonchev–Trinajstić information content (AvgIpc) is 2.74. The lowest BCUT2D eigenvalue weighted by molar-refractivity contribution is 0.176. The van der Waals surface area contributed by atoms with Crippen molar-refractivity contribution in [2.45, 2.75) is 32.9 Å². The van der Waals surface area contributed by atoms with Crippen LogP contribution in [0.5, 0.6) is 0 Å². The number of aromatic nitrogens is 3. The standard InChI is InChI=1S/C11H21N5/c1-10-3-2-4-15(8-10)5-6-16-9-11(7-12)13-14-16/h9-10H,2-8,12H2,1H3. The Balaban J connectivity index is 1.78. The van der Waals surface area contributed by atoms with Crippen molar-refractivity contribution < 1.29 is 0 Å². The van der Waals surface area contributed by atoms with E-state index in [0.29, 0.717) is 6.54 Å². The third-order valence-corrected chi connectivity index (χ3v) is 3.18. The summed E-state index contributed by atoms with van der Waals surface area (Å²) in [6.45, 7) is 7.23. The summed E-state index contributed by atoms with van der Waals surface area (Å²) in [5.41, 5.74) is 6.36. The highest BCUT2D eigenvalue weighted by molar-refractivity contribution is 4.90. The maximum absolute atomic E-state index is 5.49. The molecule has 1 aliphatic heterocycles. The van der Waals surface area contributed by atoms with Crippen LogP contribution in [0.25, 0.3) is 0 Å². The molecule has 2 N–H and O–H groups in total. The fourth-order valence-electron chi connectivity index (χ4n) is 2.28. The number of hydrogen-bond donors (Lipinski definition) is 1. The molecule has 1 atom stereocenters. The molecule has 0 aliphatic carbocycles. The molecule has 1 aromatic rings. The van der Waals surface area contributed by atoms with Crippen LogP contribution in [-0.2, 0) is 13.1 Å². The highest BCUT2D eigenvalue weighted by Gasteiger charge is 2.15. The second kappa shape index (κ2) is 5.41. The van der Waals surface area contributed by atoms with Gasteiger partial charge in [0, 0.05) is 25.8 Å². The van der Waals surface area contributed by atoms with Crippen LogP contribution < -0.4 is 5.73 Å². The molecule has 5 nitrogen and oxygen atoms in total. The molecular weight excluding hydrogens is 202 g/mol. The molecule has 0 spiro atoms. The lowest BCUT2D eigenvalue weighted by Crippen LogP contribution is -2.36. The van der Waals surface area contributed by atoms with Crippen molar-refractivity contribution in [2.75, 3.05) is 19.6 Å². The summed E-state index contributed by atoms with van der Waals surface area (Å²) in [6.07, 6.45) is 4.64. The lowest BCUT2D eigenvalue weighted by atomic mass is 10.0. The number of hydrogen-bond acceptors (Lipinski definition) is 4. The van der Waals surface area contributed by atoms with Gasteiger partial charge in [0.2, 0.25) is 0 Å². The van der Waals surface area contributed by atoms with Gasteiger partial charge in [-0.05, 0) is 25.3 Å². The van der Waals surface area contributed by atoms with E-state index < -0.39 is 0 Å². The predicted octanol–water partition coefficient (Wildman–Crippen LogP) is 0.469. The van der Waals surface area contributed by atoms with Gasteiger partial charge in [0.15, 0.2) is 0 Å². The normalized spacial score (nSPS) is 22.5. The van der Waals surface area contributed by atoms with Crippen molar-refractivity contribution in [3.63, 3.8) is 0 Å². The van der Waals surface area contributed by atoms with Crippen LogP contribution in [0.4, 0.5) is 0 Å². The van der Waals surface area contributed by atoms with Crippen LogP contribution >= 0.6 is 0 Å². The Morgan fingerprint density at radius 1 is 1.50 bits per heavy atom. The molecular formula is C11H21N5. The Bertz CT molecular complexity index is 322. The molecule has 1 aromatic heterocycles. The lowest BCUT2D eigenvalue weighted by Gasteiger charge is -2.30. The van der Waals surface area contributed by atoms with Crippen molar-refractivity contribution in [1.82, 2.24) is 19.9 Å². The molecule has 1 fully saturated rings. The molecule has 90 valence electrons. The van der Waals surface area contributed by atoms with E-state index in [1.54, 1.807) is 0 Å². The molecule has 0 amide bonds. The molecule has 1 saturated heterocycles. The zero-order valence-electron chi connectivity index (χ0n) is 9.97. The van der Waals surface area contributed by atoms with Crippen molar-refractivity contribution >= 4 is 0 Å². The number of piperidine rings is 1. The topological polar surface area (TPSA) is 60.0 Å². The van der Waals surface area contributed by atoms with Gasteiger partial charge < -0.3 is 10.6 Å². The molecule has 2 rings (SSSR count). The predicted molar refractivity (Wildman–Crippen MR) is 62.8 cm³/mol. The summed E-state index contributed by atoms with van der Waals surface area (Å²) in [5, 5.41) is 8.03. The molecule has 5 heteroatoms. The summed E-state index contributed by atoms with van der Waals surface area (Å²) in [4.78, 5) is 2.51. The second-order valence-corrected chi connectivity index (χ2v) is 4.73. The minimum Gasteiger partial charge on any atom is -0.325 e. The zero-order valence-corrected chi connectivity index (χ0v) is 9.97. The maximum atomic E-state index is 5.49. The minimum absolute atomic E-state index is 0.473. The molecule has 0 radical (unpaired) electrons. The summed E-state index contributed by atoms with van der Waals surface area (Å²) in [7, 11) is 0. The third-order valence-electron chi connectivity index (χ3n) is 3.18. The molecule has 1 aliphatic rings. The largest absolute Gasteiger partial charge is 0.325 e. The Morgan fingerprint density at radius 3 is 3.06 bits per heavy atom. The Kier molecular flexibility index (Phi) is 3.90. The fourth-order valence-corrected chi connectivity index (χ4v) is 2.28. The Hall–Kier alpha value is -0.940. The number of nitrogens with zero attached hydrogens (tertiary/aromatic N) is 4. The van der Waals surface area contributed by atoms with Crippen molar-refractivity contribution in [3.8, 4) is 0 Å². The van der Waals surface area contributed by atoms with Crippen LogP contribution in [0.3, 0.4) is 0 Å². The monoisotopic (exact) mass is 223 g/mol. The third kappa shape index (κ3) is 3.02. The molecule has 16 heavy (non-hydrogen) atoms. The molecule has 0 bridgehead atoms.